The summed E-state index contributed by atoms with van der Waals surface area (Å²) in [5.41, 5.74) is 6.86. The van der Waals surface area contributed by atoms with E-state index in [1.165, 1.54) is 0 Å². The van der Waals surface area contributed by atoms with Crippen LogP contribution in [0, 0.1) is 0 Å². The molecule has 3 nitrogen and oxygen atoms in total. The molecule has 0 fully saturated rings. The Balaban J connectivity index is 4.22. The number of likely N-dealkylation sites (N-methyl/N-ethyl adjacent to an activating group) is 1. The van der Waals surface area contributed by atoms with E-state index in [0.29, 0.717) is 17.8 Å². The molecule has 3 heteroatoms. The van der Waals surface area contributed by atoms with Crippen LogP contribution in [0.4, 0.5) is 0 Å². The van der Waals surface area contributed by atoms with Gasteiger partial charge in [0.25, 0.3) is 0 Å². The van der Waals surface area contributed by atoms with Gasteiger partial charge in [-0.15, -0.1) is 0 Å². The lowest BCUT2D eigenvalue weighted by Gasteiger charge is -2.04. The zero-order valence-electron chi connectivity index (χ0n) is 7.40. The van der Waals surface area contributed by atoms with Gasteiger partial charge >= 0.3 is 0 Å². The van der Waals surface area contributed by atoms with E-state index < -0.39 is 0 Å². The largest absolute Gasteiger partial charge is 0.402 e. The van der Waals surface area contributed by atoms with Crippen molar-refractivity contribution in [1.29, 1.82) is 0 Å². The van der Waals surface area contributed by atoms with Crippen molar-refractivity contribution in [3.05, 3.63) is 11.3 Å². The molecule has 0 saturated carbocycles. The van der Waals surface area contributed by atoms with Gasteiger partial charge in [0.15, 0.2) is 0 Å². The number of amides is 1. The molecule has 1 amide bonds. The highest BCUT2D eigenvalue weighted by atomic mass is 16.1. The summed E-state index contributed by atoms with van der Waals surface area (Å²) in [5.74, 6) is -0.0631. The first-order valence-corrected chi connectivity index (χ1v) is 3.86. The number of nitrogens with two attached hydrogens (primary N) is 1. The maximum atomic E-state index is 11.1. The third-order valence-corrected chi connectivity index (χ3v) is 1.54. The smallest absolute Gasteiger partial charge is 0.248 e. The summed E-state index contributed by atoms with van der Waals surface area (Å²) >= 11 is 0. The Morgan fingerprint density at radius 2 is 2.00 bits per heavy atom. The molecule has 0 bridgehead atoms. The quantitative estimate of drug-likeness (QED) is 0.593. The maximum absolute atomic E-state index is 11.1. The minimum atomic E-state index is -0.0631. The lowest BCUT2D eigenvalue weighted by atomic mass is 10.2. The molecule has 0 spiro atoms. The average molecular weight is 156 g/mol. The minimum Gasteiger partial charge on any atom is -0.402 e. The first kappa shape index (κ1) is 10.0. The Labute approximate surface area is 67.7 Å². The summed E-state index contributed by atoms with van der Waals surface area (Å²) in [6, 6.07) is 0. The van der Waals surface area contributed by atoms with Gasteiger partial charge in [-0.3, -0.25) is 4.79 Å². The summed E-state index contributed by atoms with van der Waals surface area (Å²) in [5, 5.41) is 2.68. The molecule has 0 rings (SSSR count). The topological polar surface area (TPSA) is 55.1 Å². The molecule has 0 aromatic rings. The second-order valence-corrected chi connectivity index (χ2v) is 2.36. The fourth-order valence-corrected chi connectivity index (χ4v) is 0.704. The summed E-state index contributed by atoms with van der Waals surface area (Å²) in [4.78, 5) is 11.1. The number of nitrogens with one attached hydrogen (secondary N) is 1. The van der Waals surface area contributed by atoms with E-state index in [2.05, 4.69) is 5.32 Å². The predicted molar refractivity (Wildman–Crippen MR) is 45.9 cm³/mol. The van der Waals surface area contributed by atoms with Crippen molar-refractivity contribution in [1.82, 2.24) is 5.32 Å². The number of rotatable bonds is 3. The molecule has 0 radical (unpaired) electrons. The molecule has 3 N–H and O–H groups in total. The van der Waals surface area contributed by atoms with Crippen LogP contribution in [0.3, 0.4) is 0 Å². The highest BCUT2D eigenvalue weighted by molar-refractivity contribution is 5.93. The molecular weight excluding hydrogens is 140 g/mol. The van der Waals surface area contributed by atoms with Gasteiger partial charge in [-0.2, -0.15) is 0 Å². The Morgan fingerprint density at radius 1 is 1.45 bits per heavy atom. The van der Waals surface area contributed by atoms with Crippen molar-refractivity contribution in [2.75, 3.05) is 6.54 Å². The predicted octanol–water partition coefficient (Wildman–Crippen LogP) is 0.765. The lowest BCUT2D eigenvalue weighted by molar-refractivity contribution is -0.117. The Kier molecular flexibility index (Phi) is 4.34. The van der Waals surface area contributed by atoms with Gasteiger partial charge in [-0.05, 0) is 20.3 Å². The third-order valence-electron chi connectivity index (χ3n) is 1.54. The summed E-state index contributed by atoms with van der Waals surface area (Å²) in [6.45, 7) is 6.20. The molecule has 0 aliphatic rings. The van der Waals surface area contributed by atoms with Gasteiger partial charge in [0.1, 0.15) is 0 Å². The van der Waals surface area contributed by atoms with Gasteiger partial charge in [0, 0.05) is 17.8 Å². The second-order valence-electron chi connectivity index (χ2n) is 2.36. The lowest BCUT2D eigenvalue weighted by Crippen LogP contribution is -2.25. The van der Waals surface area contributed by atoms with Crippen LogP contribution in [0.1, 0.15) is 27.2 Å². The first-order valence-electron chi connectivity index (χ1n) is 3.86. The zero-order valence-corrected chi connectivity index (χ0v) is 7.40. The third kappa shape index (κ3) is 3.07. The molecule has 0 saturated heterocycles. The van der Waals surface area contributed by atoms with Crippen LogP contribution in [-0.2, 0) is 4.79 Å². The molecule has 64 valence electrons. The van der Waals surface area contributed by atoms with Crippen LogP contribution in [0.25, 0.3) is 0 Å². The van der Waals surface area contributed by atoms with Crippen molar-refractivity contribution in [3.63, 3.8) is 0 Å². The van der Waals surface area contributed by atoms with Gasteiger partial charge in [-0.25, -0.2) is 0 Å². The monoisotopic (exact) mass is 156 g/mol. The molecule has 0 aromatic heterocycles. The second kappa shape index (κ2) is 4.77. The Bertz CT molecular complexity index is 173. The highest BCUT2D eigenvalue weighted by Gasteiger charge is 2.04. The SMILES string of the molecule is CCNC(=O)C(C)=C(N)CC. The van der Waals surface area contributed by atoms with Crippen LogP contribution in [0.15, 0.2) is 11.3 Å². The number of carbonyl (C=O) groups excluding carboxylic acids is 1. The van der Waals surface area contributed by atoms with Gasteiger partial charge in [-0.1, -0.05) is 6.92 Å². The fraction of sp³-hybridized carbons (Fsp3) is 0.625. The summed E-state index contributed by atoms with van der Waals surface area (Å²) in [7, 11) is 0. The zero-order chi connectivity index (χ0) is 8.85. The van der Waals surface area contributed by atoms with Crippen molar-refractivity contribution < 1.29 is 4.79 Å². The molecule has 0 atom stereocenters. The summed E-state index contributed by atoms with van der Waals surface area (Å²) in [6.07, 6.45) is 0.725. The normalized spacial score (nSPS) is 12.3. The molecule has 0 unspecified atom stereocenters. The van der Waals surface area contributed by atoms with Crippen molar-refractivity contribution >= 4 is 5.91 Å². The van der Waals surface area contributed by atoms with Crippen LogP contribution < -0.4 is 11.1 Å². The van der Waals surface area contributed by atoms with E-state index in [4.69, 9.17) is 5.73 Å². The van der Waals surface area contributed by atoms with E-state index in [9.17, 15) is 4.79 Å². The number of hydrogen-bond acceptors (Lipinski definition) is 2. The van der Waals surface area contributed by atoms with E-state index in [1.54, 1.807) is 6.92 Å². The molecule has 0 aromatic carbocycles. The molecule has 0 aliphatic carbocycles. The Morgan fingerprint density at radius 3 is 2.36 bits per heavy atom. The number of carbonyl (C=O) groups is 1. The van der Waals surface area contributed by atoms with E-state index >= 15 is 0 Å². The standard InChI is InChI=1S/C8H16N2O/c1-4-7(9)6(3)8(11)10-5-2/h4-5,9H2,1-3H3,(H,10,11). The minimum absolute atomic E-state index is 0.0631. The molecular formula is C8H16N2O. The molecule has 11 heavy (non-hydrogen) atoms. The van der Waals surface area contributed by atoms with Gasteiger partial charge in [0.05, 0.1) is 0 Å². The van der Waals surface area contributed by atoms with Gasteiger partial charge < -0.3 is 11.1 Å². The average Bonchev–Trinajstić information content (AvgIpc) is 2.02. The molecule has 0 aliphatic heterocycles. The van der Waals surface area contributed by atoms with Gasteiger partial charge in [0.2, 0.25) is 5.91 Å². The fourth-order valence-electron chi connectivity index (χ4n) is 0.704. The van der Waals surface area contributed by atoms with Crippen LogP contribution in [0.5, 0.6) is 0 Å². The maximum Gasteiger partial charge on any atom is 0.248 e. The van der Waals surface area contributed by atoms with Crippen LogP contribution in [-0.4, -0.2) is 12.5 Å². The highest BCUT2D eigenvalue weighted by Crippen LogP contribution is 2.00. The number of hydrogen-bond donors (Lipinski definition) is 2. The first-order chi connectivity index (χ1) is 5.13. The van der Waals surface area contributed by atoms with Crippen molar-refractivity contribution in [2.45, 2.75) is 27.2 Å². The van der Waals surface area contributed by atoms with Crippen molar-refractivity contribution in [2.24, 2.45) is 5.73 Å². The van der Waals surface area contributed by atoms with E-state index in [-0.39, 0.29) is 5.91 Å². The Hall–Kier alpha value is -0.990. The van der Waals surface area contributed by atoms with E-state index in [0.717, 1.165) is 6.42 Å². The molecule has 0 heterocycles. The van der Waals surface area contributed by atoms with Crippen LogP contribution in [0.2, 0.25) is 0 Å². The number of allylic oxidation sites excluding steroid dienone is 1. The van der Waals surface area contributed by atoms with Crippen LogP contribution >= 0.6 is 0 Å². The summed E-state index contributed by atoms with van der Waals surface area (Å²) < 4.78 is 0. The van der Waals surface area contributed by atoms with Crippen molar-refractivity contribution in [3.8, 4) is 0 Å². The van der Waals surface area contributed by atoms with E-state index in [1.807, 2.05) is 13.8 Å².